The molecule has 2 heterocycles. The Labute approximate surface area is 167 Å². The maximum Gasteiger partial charge on any atom is 0.266 e. The standard InChI is InChI=1S/C21H21ClN2O2S/c1-13-5-3-7-19(14(13)2)24-20(25)17-9-8-15(22)11-18(17)23-21(24)27-12-16-6-4-10-26-16/h3,5,7-9,11,16H,4,6,10,12H2,1-2H3/t16-/m0/s1. The van der Waals surface area contributed by atoms with Gasteiger partial charge in [-0.05, 0) is 62.1 Å². The molecule has 4 rings (SSSR count). The summed E-state index contributed by atoms with van der Waals surface area (Å²) in [6.45, 7) is 4.91. The Morgan fingerprint density at radius 1 is 1.30 bits per heavy atom. The van der Waals surface area contributed by atoms with Crippen LogP contribution in [0.4, 0.5) is 0 Å². The Balaban J connectivity index is 1.89. The summed E-state index contributed by atoms with van der Waals surface area (Å²) in [6.07, 6.45) is 2.37. The lowest BCUT2D eigenvalue weighted by atomic mass is 10.1. The summed E-state index contributed by atoms with van der Waals surface area (Å²) in [5, 5.41) is 1.83. The molecule has 6 heteroatoms. The van der Waals surface area contributed by atoms with Crippen LogP contribution in [0.2, 0.25) is 5.02 Å². The van der Waals surface area contributed by atoms with Crippen LogP contribution in [-0.2, 0) is 4.74 Å². The highest BCUT2D eigenvalue weighted by molar-refractivity contribution is 7.99. The Hall–Kier alpha value is -1.82. The quantitative estimate of drug-likeness (QED) is 0.460. The van der Waals surface area contributed by atoms with Gasteiger partial charge in [0.1, 0.15) is 0 Å². The second-order valence-corrected chi connectivity index (χ2v) is 8.29. The van der Waals surface area contributed by atoms with Crippen molar-refractivity contribution in [3.05, 3.63) is 62.9 Å². The van der Waals surface area contributed by atoms with Gasteiger partial charge in [0.25, 0.3) is 5.56 Å². The first kappa shape index (κ1) is 18.5. The number of ether oxygens (including phenoxy) is 1. The van der Waals surface area contributed by atoms with Crippen molar-refractivity contribution in [1.82, 2.24) is 9.55 Å². The number of aryl methyl sites for hydroxylation is 1. The maximum atomic E-state index is 13.4. The Morgan fingerprint density at radius 3 is 2.93 bits per heavy atom. The molecule has 1 aliphatic rings. The van der Waals surface area contributed by atoms with E-state index in [-0.39, 0.29) is 11.7 Å². The molecule has 1 aromatic heterocycles. The predicted octanol–water partition coefficient (Wildman–Crippen LogP) is 4.93. The average Bonchev–Trinajstić information content (AvgIpc) is 3.16. The molecule has 0 bridgehead atoms. The number of fused-ring (bicyclic) bond motifs is 1. The molecule has 0 saturated carbocycles. The van der Waals surface area contributed by atoms with Crippen LogP contribution in [0.1, 0.15) is 24.0 Å². The first-order chi connectivity index (χ1) is 13.0. The number of rotatable bonds is 4. The Kier molecular flexibility index (Phi) is 5.26. The van der Waals surface area contributed by atoms with Crippen LogP contribution in [0.5, 0.6) is 0 Å². The van der Waals surface area contributed by atoms with Gasteiger partial charge in [0.2, 0.25) is 0 Å². The van der Waals surface area contributed by atoms with Gasteiger partial charge in [-0.25, -0.2) is 4.98 Å². The number of nitrogens with zero attached hydrogens (tertiary/aromatic N) is 2. The molecule has 1 fully saturated rings. The second kappa shape index (κ2) is 7.66. The van der Waals surface area contributed by atoms with E-state index in [1.165, 1.54) is 0 Å². The minimum Gasteiger partial charge on any atom is -0.377 e. The molecule has 3 aromatic rings. The van der Waals surface area contributed by atoms with Crippen LogP contribution in [0.15, 0.2) is 46.3 Å². The lowest BCUT2D eigenvalue weighted by Gasteiger charge is -2.17. The Morgan fingerprint density at radius 2 is 2.15 bits per heavy atom. The van der Waals surface area contributed by atoms with E-state index in [0.717, 1.165) is 42.0 Å². The first-order valence-corrected chi connectivity index (χ1v) is 10.4. The minimum absolute atomic E-state index is 0.0693. The summed E-state index contributed by atoms with van der Waals surface area (Å²) in [7, 11) is 0. The average molecular weight is 401 g/mol. The van der Waals surface area contributed by atoms with Gasteiger partial charge in [-0.2, -0.15) is 0 Å². The third kappa shape index (κ3) is 3.64. The summed E-state index contributed by atoms with van der Waals surface area (Å²) in [4.78, 5) is 18.1. The highest BCUT2D eigenvalue weighted by atomic mass is 35.5. The van der Waals surface area contributed by atoms with Gasteiger partial charge in [-0.3, -0.25) is 9.36 Å². The van der Waals surface area contributed by atoms with Gasteiger partial charge >= 0.3 is 0 Å². The molecular weight excluding hydrogens is 380 g/mol. The molecule has 1 saturated heterocycles. The van der Waals surface area contributed by atoms with Crippen molar-refractivity contribution in [2.75, 3.05) is 12.4 Å². The summed E-state index contributed by atoms with van der Waals surface area (Å²) in [5.74, 6) is 0.781. The fourth-order valence-corrected chi connectivity index (χ4v) is 4.61. The Bertz CT molecular complexity index is 1060. The summed E-state index contributed by atoms with van der Waals surface area (Å²) in [6, 6.07) is 11.2. The van der Waals surface area contributed by atoms with Crippen LogP contribution in [0.3, 0.4) is 0 Å². The summed E-state index contributed by atoms with van der Waals surface area (Å²) in [5.41, 5.74) is 3.66. The topological polar surface area (TPSA) is 44.1 Å². The van der Waals surface area contributed by atoms with Crippen molar-refractivity contribution in [3.8, 4) is 5.69 Å². The lowest BCUT2D eigenvalue weighted by Crippen LogP contribution is -2.23. The molecule has 4 nitrogen and oxygen atoms in total. The molecule has 0 radical (unpaired) electrons. The fraction of sp³-hybridized carbons (Fsp3) is 0.333. The number of halogens is 1. The zero-order chi connectivity index (χ0) is 19.0. The predicted molar refractivity (Wildman–Crippen MR) is 112 cm³/mol. The van der Waals surface area contributed by atoms with E-state index in [2.05, 4.69) is 13.0 Å². The monoisotopic (exact) mass is 400 g/mol. The second-order valence-electron chi connectivity index (χ2n) is 6.86. The molecule has 0 aliphatic carbocycles. The van der Waals surface area contributed by atoms with E-state index in [9.17, 15) is 4.79 Å². The van der Waals surface area contributed by atoms with Gasteiger partial charge < -0.3 is 4.74 Å². The van der Waals surface area contributed by atoms with Crippen LogP contribution < -0.4 is 5.56 Å². The van der Waals surface area contributed by atoms with E-state index in [0.29, 0.717) is 21.1 Å². The van der Waals surface area contributed by atoms with Gasteiger partial charge in [-0.1, -0.05) is 35.5 Å². The number of hydrogen-bond acceptors (Lipinski definition) is 4. The molecule has 0 spiro atoms. The van der Waals surface area contributed by atoms with Crippen molar-refractivity contribution in [3.63, 3.8) is 0 Å². The van der Waals surface area contributed by atoms with Gasteiger partial charge in [0.15, 0.2) is 5.16 Å². The van der Waals surface area contributed by atoms with E-state index in [1.54, 1.807) is 34.5 Å². The smallest absolute Gasteiger partial charge is 0.266 e. The summed E-state index contributed by atoms with van der Waals surface area (Å²) >= 11 is 7.70. The highest BCUT2D eigenvalue weighted by Crippen LogP contribution is 2.27. The van der Waals surface area contributed by atoms with Gasteiger partial charge in [-0.15, -0.1) is 0 Å². The molecule has 2 aromatic carbocycles. The summed E-state index contributed by atoms with van der Waals surface area (Å²) < 4.78 is 7.48. The third-order valence-electron chi connectivity index (χ3n) is 5.04. The van der Waals surface area contributed by atoms with Crippen LogP contribution in [0, 0.1) is 13.8 Å². The van der Waals surface area contributed by atoms with E-state index < -0.39 is 0 Å². The molecule has 0 N–H and O–H groups in total. The number of aromatic nitrogens is 2. The van der Waals surface area contributed by atoms with Crippen molar-refractivity contribution in [2.24, 2.45) is 0 Å². The normalized spacial score (nSPS) is 16.9. The minimum atomic E-state index is -0.0693. The lowest BCUT2D eigenvalue weighted by molar-refractivity contribution is 0.129. The molecule has 27 heavy (non-hydrogen) atoms. The third-order valence-corrected chi connectivity index (χ3v) is 6.35. The SMILES string of the molecule is Cc1cccc(-n2c(SC[C@@H]3CCCO3)nc3cc(Cl)ccc3c2=O)c1C. The van der Waals surface area contributed by atoms with Gasteiger partial charge in [0.05, 0.1) is 22.7 Å². The molecule has 1 atom stereocenters. The maximum absolute atomic E-state index is 13.4. The molecule has 0 unspecified atom stereocenters. The van der Waals surface area contributed by atoms with E-state index >= 15 is 0 Å². The van der Waals surface area contributed by atoms with Crippen molar-refractivity contribution >= 4 is 34.3 Å². The van der Waals surface area contributed by atoms with Crippen molar-refractivity contribution < 1.29 is 4.74 Å². The number of benzene rings is 2. The van der Waals surface area contributed by atoms with Crippen LogP contribution in [0.25, 0.3) is 16.6 Å². The van der Waals surface area contributed by atoms with Crippen molar-refractivity contribution in [2.45, 2.75) is 37.9 Å². The molecular formula is C21H21ClN2O2S. The van der Waals surface area contributed by atoms with Gasteiger partial charge in [0, 0.05) is 17.4 Å². The zero-order valence-electron chi connectivity index (χ0n) is 15.4. The van der Waals surface area contributed by atoms with Crippen LogP contribution in [-0.4, -0.2) is 28.0 Å². The van der Waals surface area contributed by atoms with E-state index in [4.69, 9.17) is 21.3 Å². The van der Waals surface area contributed by atoms with Crippen LogP contribution >= 0.6 is 23.4 Å². The molecule has 1 aliphatic heterocycles. The molecule has 140 valence electrons. The molecule has 0 amide bonds. The zero-order valence-corrected chi connectivity index (χ0v) is 16.9. The first-order valence-electron chi connectivity index (χ1n) is 9.08. The fourth-order valence-electron chi connectivity index (χ4n) is 3.37. The van der Waals surface area contributed by atoms with Crippen molar-refractivity contribution in [1.29, 1.82) is 0 Å². The largest absolute Gasteiger partial charge is 0.377 e. The number of thioether (sulfide) groups is 1. The highest BCUT2D eigenvalue weighted by Gasteiger charge is 2.20. The number of hydrogen-bond donors (Lipinski definition) is 0. The van der Waals surface area contributed by atoms with E-state index in [1.807, 2.05) is 19.1 Å².